The van der Waals surface area contributed by atoms with E-state index in [0.29, 0.717) is 41.1 Å². The minimum Gasteiger partial charge on any atom is -0.489 e. The van der Waals surface area contributed by atoms with E-state index in [1.807, 2.05) is 86.6 Å². The van der Waals surface area contributed by atoms with Crippen molar-refractivity contribution in [2.24, 2.45) is 5.92 Å². The third-order valence-corrected chi connectivity index (χ3v) is 5.68. The average molecular weight is 457 g/mol. The molecule has 0 aliphatic rings. The third kappa shape index (κ3) is 4.66. The molecule has 1 heterocycles. The number of benzene rings is 3. The number of anilines is 1. The zero-order chi connectivity index (χ0) is 24.2. The van der Waals surface area contributed by atoms with Crippen molar-refractivity contribution in [2.75, 3.05) is 11.9 Å². The van der Waals surface area contributed by atoms with E-state index in [1.165, 1.54) is 7.05 Å². The Morgan fingerprint density at radius 1 is 0.971 bits per heavy atom. The maximum absolute atomic E-state index is 13.7. The van der Waals surface area contributed by atoms with Gasteiger partial charge < -0.3 is 9.84 Å². The minimum atomic E-state index is -1.13. The highest BCUT2D eigenvalue weighted by atomic mass is 16.5. The molecular formula is C28H28N2O4. The molecular weight excluding hydrogens is 428 g/mol. The molecule has 3 aromatic carbocycles. The SMILES string of the molecule is CC(C)Cn1c(N(C)C(=O)O)c(-c2ccccc2)c2ccc(OCc3ccccc3)cc2c1=O. The lowest BCUT2D eigenvalue weighted by atomic mass is 9.98. The van der Waals surface area contributed by atoms with E-state index in [9.17, 15) is 14.7 Å². The number of amides is 1. The van der Waals surface area contributed by atoms with Gasteiger partial charge >= 0.3 is 6.09 Å². The third-order valence-electron chi connectivity index (χ3n) is 5.68. The lowest BCUT2D eigenvalue weighted by Crippen LogP contribution is -2.34. The largest absolute Gasteiger partial charge is 0.489 e. The van der Waals surface area contributed by atoms with E-state index in [-0.39, 0.29) is 11.5 Å². The number of fused-ring (bicyclic) bond motifs is 1. The summed E-state index contributed by atoms with van der Waals surface area (Å²) in [5.74, 6) is 1.09. The van der Waals surface area contributed by atoms with Crippen LogP contribution in [0.15, 0.2) is 83.7 Å². The van der Waals surface area contributed by atoms with Crippen LogP contribution in [0.25, 0.3) is 21.9 Å². The second-order valence-electron chi connectivity index (χ2n) is 8.70. The summed E-state index contributed by atoms with van der Waals surface area (Å²) in [6, 6.07) is 24.8. The summed E-state index contributed by atoms with van der Waals surface area (Å²) in [6.07, 6.45) is -1.13. The summed E-state index contributed by atoms with van der Waals surface area (Å²) in [5.41, 5.74) is 2.33. The molecule has 0 radical (unpaired) electrons. The Morgan fingerprint density at radius 3 is 2.24 bits per heavy atom. The summed E-state index contributed by atoms with van der Waals surface area (Å²) in [7, 11) is 1.48. The predicted molar refractivity (Wildman–Crippen MR) is 136 cm³/mol. The molecule has 0 saturated carbocycles. The van der Waals surface area contributed by atoms with Crippen LogP contribution in [0.1, 0.15) is 19.4 Å². The average Bonchev–Trinajstić information content (AvgIpc) is 2.84. The number of pyridine rings is 1. The smallest absolute Gasteiger partial charge is 0.412 e. The molecule has 0 bridgehead atoms. The number of ether oxygens (including phenoxy) is 1. The van der Waals surface area contributed by atoms with Crippen molar-refractivity contribution in [3.63, 3.8) is 0 Å². The summed E-state index contributed by atoms with van der Waals surface area (Å²) < 4.78 is 7.56. The quantitative estimate of drug-likeness (QED) is 0.369. The number of rotatable bonds is 7. The van der Waals surface area contributed by atoms with Crippen molar-refractivity contribution in [2.45, 2.75) is 27.0 Å². The Kier molecular flexibility index (Phi) is 6.68. The second-order valence-corrected chi connectivity index (χ2v) is 8.70. The van der Waals surface area contributed by atoms with Crippen LogP contribution in [0.5, 0.6) is 5.75 Å². The van der Waals surface area contributed by atoms with E-state index in [0.717, 1.165) is 16.0 Å². The highest BCUT2D eigenvalue weighted by Crippen LogP contribution is 2.37. The number of carbonyl (C=O) groups is 1. The van der Waals surface area contributed by atoms with Crippen LogP contribution in [0.4, 0.5) is 10.6 Å². The van der Waals surface area contributed by atoms with Crippen LogP contribution < -0.4 is 15.2 Å². The number of carboxylic acid groups (broad SMARTS) is 1. The predicted octanol–water partition coefficient (Wildman–Crippen LogP) is 6.02. The molecule has 0 saturated heterocycles. The molecule has 6 nitrogen and oxygen atoms in total. The van der Waals surface area contributed by atoms with Gasteiger partial charge in [0.05, 0.1) is 5.39 Å². The molecule has 6 heteroatoms. The van der Waals surface area contributed by atoms with Gasteiger partial charge in [-0.3, -0.25) is 14.3 Å². The van der Waals surface area contributed by atoms with Crippen molar-refractivity contribution in [3.8, 4) is 16.9 Å². The number of aromatic nitrogens is 1. The Morgan fingerprint density at radius 2 is 1.62 bits per heavy atom. The number of hydrogen-bond acceptors (Lipinski definition) is 3. The van der Waals surface area contributed by atoms with Gasteiger partial charge in [-0.2, -0.15) is 0 Å². The van der Waals surface area contributed by atoms with E-state index >= 15 is 0 Å². The highest BCUT2D eigenvalue weighted by molar-refractivity contribution is 6.05. The lowest BCUT2D eigenvalue weighted by molar-refractivity contribution is 0.203. The normalized spacial score (nSPS) is 11.1. The van der Waals surface area contributed by atoms with Crippen LogP contribution in [-0.2, 0) is 13.2 Å². The van der Waals surface area contributed by atoms with Gasteiger partial charge in [-0.1, -0.05) is 74.5 Å². The summed E-state index contributed by atoms with van der Waals surface area (Å²) in [4.78, 5) is 26.9. The Balaban J connectivity index is 1.95. The number of hydrogen-bond donors (Lipinski definition) is 1. The van der Waals surface area contributed by atoms with Crippen LogP contribution in [-0.4, -0.2) is 22.8 Å². The van der Waals surface area contributed by atoms with Crippen LogP contribution in [0, 0.1) is 5.92 Å². The van der Waals surface area contributed by atoms with Crippen molar-refractivity contribution in [3.05, 3.63) is 94.8 Å². The van der Waals surface area contributed by atoms with E-state index in [4.69, 9.17) is 4.74 Å². The van der Waals surface area contributed by atoms with Gasteiger partial charge in [0, 0.05) is 19.2 Å². The van der Waals surface area contributed by atoms with Crippen LogP contribution in [0.3, 0.4) is 0 Å². The lowest BCUT2D eigenvalue weighted by Gasteiger charge is -2.26. The number of nitrogens with zero attached hydrogens (tertiary/aromatic N) is 2. The summed E-state index contributed by atoms with van der Waals surface area (Å²) in [6.45, 7) is 4.78. The molecule has 0 aliphatic heterocycles. The van der Waals surface area contributed by atoms with E-state index < -0.39 is 6.09 Å². The minimum absolute atomic E-state index is 0.136. The first kappa shape index (κ1) is 23.1. The first-order chi connectivity index (χ1) is 16.4. The topological polar surface area (TPSA) is 71.8 Å². The molecule has 34 heavy (non-hydrogen) atoms. The highest BCUT2D eigenvalue weighted by Gasteiger charge is 2.24. The molecule has 1 amide bonds. The van der Waals surface area contributed by atoms with Crippen molar-refractivity contribution in [1.29, 1.82) is 0 Å². The second kappa shape index (κ2) is 9.83. The van der Waals surface area contributed by atoms with Gasteiger partial charge in [0.25, 0.3) is 5.56 Å². The monoisotopic (exact) mass is 456 g/mol. The molecule has 1 aromatic heterocycles. The van der Waals surface area contributed by atoms with Gasteiger partial charge in [-0.05, 0) is 40.6 Å². The van der Waals surface area contributed by atoms with Gasteiger partial charge in [-0.25, -0.2) is 4.79 Å². The van der Waals surface area contributed by atoms with Gasteiger partial charge in [0.15, 0.2) is 0 Å². The standard InChI is InChI=1S/C28H28N2O4/c1-19(2)17-30-26(29(3)28(32)33)25(21-12-8-5-9-13-21)23-15-14-22(16-24(23)27(30)31)34-18-20-10-6-4-7-11-20/h4-16,19H,17-18H2,1-3H3,(H,32,33). The van der Waals surface area contributed by atoms with Crippen molar-refractivity contribution >= 4 is 22.7 Å². The molecule has 0 unspecified atom stereocenters. The summed E-state index contributed by atoms with van der Waals surface area (Å²) in [5, 5.41) is 11.0. The van der Waals surface area contributed by atoms with Crippen molar-refractivity contribution < 1.29 is 14.6 Å². The summed E-state index contributed by atoms with van der Waals surface area (Å²) >= 11 is 0. The fraction of sp³-hybridized carbons (Fsp3) is 0.214. The first-order valence-corrected chi connectivity index (χ1v) is 11.3. The fourth-order valence-corrected chi connectivity index (χ4v) is 4.11. The zero-order valence-corrected chi connectivity index (χ0v) is 19.6. The van der Waals surface area contributed by atoms with E-state index in [1.54, 1.807) is 10.6 Å². The molecule has 0 spiro atoms. The fourth-order valence-electron chi connectivity index (χ4n) is 4.11. The maximum atomic E-state index is 13.7. The molecule has 0 atom stereocenters. The first-order valence-electron chi connectivity index (χ1n) is 11.3. The molecule has 4 aromatic rings. The molecule has 0 aliphatic carbocycles. The Bertz CT molecular complexity index is 1360. The molecule has 1 N–H and O–H groups in total. The molecule has 174 valence electrons. The van der Waals surface area contributed by atoms with Crippen molar-refractivity contribution in [1.82, 2.24) is 4.57 Å². The Hall–Kier alpha value is -4.06. The maximum Gasteiger partial charge on any atom is 0.412 e. The van der Waals surface area contributed by atoms with Crippen LogP contribution >= 0.6 is 0 Å². The van der Waals surface area contributed by atoms with Gasteiger partial charge in [0.2, 0.25) is 0 Å². The molecule has 0 fully saturated rings. The van der Waals surface area contributed by atoms with Gasteiger partial charge in [0.1, 0.15) is 18.2 Å². The van der Waals surface area contributed by atoms with E-state index in [2.05, 4.69) is 0 Å². The van der Waals surface area contributed by atoms with Gasteiger partial charge in [-0.15, -0.1) is 0 Å². The van der Waals surface area contributed by atoms with Crippen LogP contribution in [0.2, 0.25) is 0 Å². The zero-order valence-electron chi connectivity index (χ0n) is 19.6. The molecule has 4 rings (SSSR count). The Labute approximate surface area is 198 Å².